The van der Waals surface area contributed by atoms with Crippen molar-refractivity contribution in [2.24, 2.45) is 0 Å². The maximum absolute atomic E-state index is 9.82. The van der Waals surface area contributed by atoms with Crippen molar-refractivity contribution in [2.75, 3.05) is 6.61 Å². The second-order valence-electron chi connectivity index (χ2n) is 2.35. The molecule has 0 aliphatic heterocycles. The van der Waals surface area contributed by atoms with Crippen LogP contribution in [0.3, 0.4) is 0 Å². The lowest BCUT2D eigenvalue weighted by Gasteiger charge is -1.89. The van der Waals surface area contributed by atoms with Gasteiger partial charge in [0.05, 0.1) is 12.7 Å². The van der Waals surface area contributed by atoms with Crippen LogP contribution in [0.2, 0.25) is 0 Å². The predicted molar refractivity (Wildman–Crippen MR) is 56.1 cm³/mol. The van der Waals surface area contributed by atoms with E-state index in [-0.39, 0.29) is 5.97 Å². The molecule has 0 amide bonds. The quantitative estimate of drug-likeness (QED) is 0.714. The van der Waals surface area contributed by atoms with E-state index >= 15 is 0 Å². The van der Waals surface area contributed by atoms with Gasteiger partial charge in [0.1, 0.15) is 0 Å². The summed E-state index contributed by atoms with van der Waals surface area (Å²) in [5.41, 5.74) is 0. The minimum absolute atomic E-state index is 0.211. The predicted octanol–water partition coefficient (Wildman–Crippen LogP) is 1.97. The topological polar surface area (TPSA) is 87.4 Å². The third-order valence-electron chi connectivity index (χ3n) is 0.709. The Bertz CT molecular complexity index is 192. The molecule has 5 nitrogen and oxygen atoms in total. The molecular formula is C10H19NO4. The number of hydrogen-bond acceptors (Lipinski definition) is 4. The molecule has 0 saturated carbocycles. The van der Waals surface area contributed by atoms with Crippen molar-refractivity contribution < 1.29 is 19.4 Å². The molecule has 88 valence electrons. The summed E-state index contributed by atoms with van der Waals surface area (Å²) < 4.78 is 4.40. The van der Waals surface area contributed by atoms with Gasteiger partial charge in [-0.3, -0.25) is 9.59 Å². The van der Waals surface area contributed by atoms with E-state index in [1.165, 1.54) is 6.92 Å². The number of rotatable bonds is 2. The van der Waals surface area contributed by atoms with Crippen LogP contribution in [0.4, 0.5) is 0 Å². The summed E-state index contributed by atoms with van der Waals surface area (Å²) in [6.07, 6.45) is 1.68. The SMILES string of the molecule is CC(=O)O.CCCC#N.CCOC(C)=O. The molecule has 0 unspecified atom stereocenters. The summed E-state index contributed by atoms with van der Waals surface area (Å²) in [4.78, 5) is 18.8. The van der Waals surface area contributed by atoms with Gasteiger partial charge >= 0.3 is 5.97 Å². The van der Waals surface area contributed by atoms with Crippen molar-refractivity contribution in [2.45, 2.75) is 40.5 Å². The molecule has 15 heavy (non-hydrogen) atoms. The minimum atomic E-state index is -0.833. The molecule has 5 heteroatoms. The number of aliphatic carboxylic acids is 1. The number of unbranched alkanes of at least 4 members (excludes halogenated alkanes) is 1. The van der Waals surface area contributed by atoms with Gasteiger partial charge in [0, 0.05) is 20.3 Å². The summed E-state index contributed by atoms with van der Waals surface area (Å²) in [6, 6.07) is 2.02. The molecule has 0 bridgehead atoms. The summed E-state index contributed by atoms with van der Waals surface area (Å²) in [5, 5.41) is 15.2. The normalized spacial score (nSPS) is 6.87. The Balaban J connectivity index is -0.000000147. The monoisotopic (exact) mass is 217 g/mol. The largest absolute Gasteiger partial charge is 0.481 e. The molecule has 0 heterocycles. The van der Waals surface area contributed by atoms with Crippen molar-refractivity contribution >= 4 is 11.9 Å². The number of nitrogens with zero attached hydrogens (tertiary/aromatic N) is 1. The van der Waals surface area contributed by atoms with Gasteiger partial charge in [-0.25, -0.2) is 0 Å². The summed E-state index contributed by atoms with van der Waals surface area (Å²) >= 11 is 0. The van der Waals surface area contributed by atoms with E-state index in [1.807, 2.05) is 13.0 Å². The van der Waals surface area contributed by atoms with Crippen molar-refractivity contribution in [3.05, 3.63) is 0 Å². The van der Waals surface area contributed by atoms with Crippen LogP contribution in [-0.2, 0) is 14.3 Å². The summed E-state index contributed by atoms with van der Waals surface area (Å²) in [6.45, 7) is 6.73. The van der Waals surface area contributed by atoms with Gasteiger partial charge in [-0.1, -0.05) is 6.92 Å². The van der Waals surface area contributed by atoms with E-state index in [0.29, 0.717) is 13.0 Å². The molecule has 0 atom stereocenters. The highest BCUT2D eigenvalue weighted by Crippen LogP contribution is 1.77. The maximum atomic E-state index is 9.82. The molecule has 0 aromatic carbocycles. The second kappa shape index (κ2) is 18.3. The van der Waals surface area contributed by atoms with Gasteiger partial charge in [-0.2, -0.15) is 5.26 Å². The molecular weight excluding hydrogens is 198 g/mol. The Morgan fingerprint density at radius 3 is 1.73 bits per heavy atom. The van der Waals surface area contributed by atoms with E-state index in [2.05, 4.69) is 4.74 Å². The third-order valence-corrected chi connectivity index (χ3v) is 0.709. The van der Waals surface area contributed by atoms with Crippen LogP contribution in [0, 0.1) is 11.3 Å². The van der Waals surface area contributed by atoms with Crippen LogP contribution in [-0.4, -0.2) is 23.7 Å². The Labute approximate surface area is 90.7 Å². The first kappa shape index (κ1) is 19.1. The van der Waals surface area contributed by atoms with Gasteiger partial charge in [-0.05, 0) is 13.3 Å². The lowest BCUT2D eigenvalue weighted by atomic mass is 10.4. The molecule has 0 saturated heterocycles. The molecule has 1 N–H and O–H groups in total. The highest BCUT2D eigenvalue weighted by Gasteiger charge is 1.81. The van der Waals surface area contributed by atoms with Crippen molar-refractivity contribution in [3.63, 3.8) is 0 Å². The van der Waals surface area contributed by atoms with E-state index in [1.54, 1.807) is 6.92 Å². The number of carbonyl (C=O) groups excluding carboxylic acids is 1. The number of ether oxygens (including phenoxy) is 1. The first-order valence-electron chi connectivity index (χ1n) is 4.62. The van der Waals surface area contributed by atoms with E-state index in [9.17, 15) is 4.79 Å². The highest BCUT2D eigenvalue weighted by molar-refractivity contribution is 5.65. The average molecular weight is 217 g/mol. The number of carbonyl (C=O) groups is 2. The molecule has 0 aliphatic rings. The second-order valence-corrected chi connectivity index (χ2v) is 2.35. The van der Waals surface area contributed by atoms with E-state index in [4.69, 9.17) is 15.2 Å². The number of hydrogen-bond donors (Lipinski definition) is 1. The van der Waals surface area contributed by atoms with E-state index in [0.717, 1.165) is 13.3 Å². The lowest BCUT2D eigenvalue weighted by molar-refractivity contribution is -0.140. The van der Waals surface area contributed by atoms with E-state index < -0.39 is 5.97 Å². The summed E-state index contributed by atoms with van der Waals surface area (Å²) in [7, 11) is 0. The average Bonchev–Trinajstić information content (AvgIpc) is 2.05. The van der Waals surface area contributed by atoms with Crippen molar-refractivity contribution in [3.8, 4) is 6.07 Å². The van der Waals surface area contributed by atoms with Crippen LogP contribution in [0.25, 0.3) is 0 Å². The lowest BCUT2D eigenvalue weighted by Crippen LogP contribution is -1.95. The van der Waals surface area contributed by atoms with Gasteiger partial charge in [0.15, 0.2) is 0 Å². The van der Waals surface area contributed by atoms with Crippen molar-refractivity contribution in [1.82, 2.24) is 0 Å². The Hall–Kier alpha value is -1.57. The fourth-order valence-corrected chi connectivity index (χ4v) is 0.315. The molecule has 0 rings (SSSR count). The Morgan fingerprint density at radius 1 is 1.33 bits per heavy atom. The van der Waals surface area contributed by atoms with Crippen LogP contribution in [0.5, 0.6) is 0 Å². The Morgan fingerprint density at radius 2 is 1.73 bits per heavy atom. The van der Waals surface area contributed by atoms with Gasteiger partial charge in [-0.15, -0.1) is 0 Å². The zero-order valence-electron chi connectivity index (χ0n) is 9.74. The number of carboxylic acid groups (broad SMARTS) is 1. The minimum Gasteiger partial charge on any atom is -0.481 e. The van der Waals surface area contributed by atoms with Crippen LogP contribution >= 0.6 is 0 Å². The first-order valence-corrected chi connectivity index (χ1v) is 4.62. The summed E-state index contributed by atoms with van der Waals surface area (Å²) in [5.74, 6) is -1.04. The van der Waals surface area contributed by atoms with Crippen LogP contribution < -0.4 is 0 Å². The standard InChI is InChI=1S/C4H7N.C4H8O2.C2H4O2/c1-2-3-4-5;1-3-6-4(2)5;1-2(3)4/h2-3H2,1H3;3H2,1-2H3;1H3,(H,3,4). The van der Waals surface area contributed by atoms with Crippen LogP contribution in [0.15, 0.2) is 0 Å². The molecule has 0 aliphatic carbocycles. The molecule has 0 spiro atoms. The number of carboxylic acids is 1. The molecule has 0 fully saturated rings. The molecule has 0 radical (unpaired) electrons. The first-order chi connectivity index (χ1) is 6.92. The molecule has 0 aromatic heterocycles. The van der Waals surface area contributed by atoms with Crippen molar-refractivity contribution in [1.29, 1.82) is 5.26 Å². The maximum Gasteiger partial charge on any atom is 0.302 e. The fraction of sp³-hybridized carbons (Fsp3) is 0.700. The van der Waals surface area contributed by atoms with Gasteiger partial charge in [0.25, 0.3) is 5.97 Å². The zero-order valence-corrected chi connectivity index (χ0v) is 9.74. The smallest absolute Gasteiger partial charge is 0.302 e. The number of esters is 1. The zero-order chi connectivity index (χ0) is 12.7. The fourth-order valence-electron chi connectivity index (χ4n) is 0.315. The van der Waals surface area contributed by atoms with Crippen LogP contribution in [0.1, 0.15) is 40.5 Å². The molecule has 0 aromatic rings. The highest BCUT2D eigenvalue weighted by atomic mass is 16.5. The number of nitriles is 1. The Kier molecular flexibility index (Phi) is 23.2. The third kappa shape index (κ3) is 115. The van der Waals surface area contributed by atoms with Gasteiger partial charge < -0.3 is 9.84 Å². The van der Waals surface area contributed by atoms with Gasteiger partial charge in [0.2, 0.25) is 0 Å².